The Kier molecular flexibility index (Phi) is 3.92. The van der Waals surface area contributed by atoms with Gasteiger partial charge in [0.1, 0.15) is 0 Å². The van der Waals surface area contributed by atoms with Gasteiger partial charge in [-0.15, -0.1) is 0 Å². The monoisotopic (exact) mass is 251 g/mol. The summed E-state index contributed by atoms with van der Waals surface area (Å²) in [6.45, 7) is 7.11. The van der Waals surface area contributed by atoms with Crippen LogP contribution < -0.4 is 5.73 Å². The normalized spacial score (nSPS) is 37.8. The third-order valence-electron chi connectivity index (χ3n) is 5.44. The van der Waals surface area contributed by atoms with E-state index in [2.05, 4.69) is 16.7 Å². The molecule has 104 valence electrons. The molecule has 0 bridgehead atoms. The Labute approximate surface area is 112 Å². The van der Waals surface area contributed by atoms with Gasteiger partial charge in [0.05, 0.1) is 0 Å². The van der Waals surface area contributed by atoms with Gasteiger partial charge in [-0.25, -0.2) is 0 Å². The van der Waals surface area contributed by atoms with Crippen LogP contribution in [0, 0.1) is 5.92 Å². The molecule has 18 heavy (non-hydrogen) atoms. The van der Waals surface area contributed by atoms with Crippen molar-refractivity contribution in [2.45, 2.75) is 63.6 Å². The number of nitrogens with two attached hydrogens (primary N) is 1. The van der Waals surface area contributed by atoms with E-state index in [9.17, 15) is 0 Å². The number of hydrogen-bond donors (Lipinski definition) is 1. The molecule has 3 heteroatoms. The second-order valence-corrected chi connectivity index (χ2v) is 6.49. The molecule has 1 aliphatic heterocycles. The predicted molar refractivity (Wildman–Crippen MR) is 75.6 cm³/mol. The van der Waals surface area contributed by atoms with Gasteiger partial charge >= 0.3 is 0 Å². The molecule has 3 fully saturated rings. The van der Waals surface area contributed by atoms with Crippen molar-refractivity contribution in [2.24, 2.45) is 11.7 Å². The highest BCUT2D eigenvalue weighted by Gasteiger charge is 2.40. The van der Waals surface area contributed by atoms with Crippen LogP contribution in [0.5, 0.6) is 0 Å². The van der Waals surface area contributed by atoms with E-state index in [-0.39, 0.29) is 0 Å². The van der Waals surface area contributed by atoms with Crippen LogP contribution in [-0.2, 0) is 0 Å². The van der Waals surface area contributed by atoms with Gasteiger partial charge in [0.25, 0.3) is 0 Å². The van der Waals surface area contributed by atoms with E-state index >= 15 is 0 Å². The van der Waals surface area contributed by atoms with Crippen LogP contribution in [0.1, 0.15) is 45.4 Å². The van der Waals surface area contributed by atoms with Gasteiger partial charge in [0, 0.05) is 31.2 Å². The molecule has 3 atom stereocenters. The Bertz CT molecular complexity index is 277. The summed E-state index contributed by atoms with van der Waals surface area (Å²) in [7, 11) is 0. The van der Waals surface area contributed by atoms with E-state index in [1.165, 1.54) is 58.2 Å². The minimum absolute atomic E-state index is 0.764. The molecule has 0 aromatic carbocycles. The van der Waals surface area contributed by atoms with Crippen molar-refractivity contribution in [3.8, 4) is 0 Å². The molecular formula is C15H29N3. The van der Waals surface area contributed by atoms with Gasteiger partial charge in [-0.2, -0.15) is 0 Å². The summed E-state index contributed by atoms with van der Waals surface area (Å²) < 4.78 is 0. The van der Waals surface area contributed by atoms with E-state index in [0.29, 0.717) is 0 Å². The zero-order chi connectivity index (χ0) is 12.5. The van der Waals surface area contributed by atoms with Crippen molar-refractivity contribution in [2.75, 3.05) is 26.2 Å². The Morgan fingerprint density at radius 3 is 2.67 bits per heavy atom. The Morgan fingerprint density at radius 2 is 2.00 bits per heavy atom. The van der Waals surface area contributed by atoms with E-state index in [1.54, 1.807) is 0 Å². The molecule has 3 rings (SSSR count). The summed E-state index contributed by atoms with van der Waals surface area (Å²) >= 11 is 0. The second kappa shape index (κ2) is 5.48. The van der Waals surface area contributed by atoms with Crippen LogP contribution in [0.15, 0.2) is 0 Å². The van der Waals surface area contributed by atoms with Crippen molar-refractivity contribution >= 4 is 0 Å². The fraction of sp³-hybridized carbons (Fsp3) is 1.00. The smallest absolute Gasteiger partial charge is 0.0238 e. The molecule has 3 unspecified atom stereocenters. The second-order valence-electron chi connectivity index (χ2n) is 6.49. The fourth-order valence-corrected chi connectivity index (χ4v) is 4.30. The zero-order valence-electron chi connectivity index (χ0n) is 11.9. The summed E-state index contributed by atoms with van der Waals surface area (Å²) in [5.74, 6) is 0.764. The molecular weight excluding hydrogens is 222 g/mol. The summed E-state index contributed by atoms with van der Waals surface area (Å²) in [4.78, 5) is 5.53. The predicted octanol–water partition coefficient (Wildman–Crippen LogP) is 1.67. The van der Waals surface area contributed by atoms with Gasteiger partial charge in [0.15, 0.2) is 0 Å². The number of likely N-dealkylation sites (tertiary alicyclic amines) is 1. The van der Waals surface area contributed by atoms with Gasteiger partial charge in [0.2, 0.25) is 0 Å². The summed E-state index contributed by atoms with van der Waals surface area (Å²) in [5.41, 5.74) is 5.96. The van der Waals surface area contributed by atoms with Gasteiger partial charge in [-0.1, -0.05) is 13.3 Å². The molecule has 3 nitrogen and oxygen atoms in total. The molecule has 2 aliphatic carbocycles. The first-order chi connectivity index (χ1) is 8.83. The van der Waals surface area contributed by atoms with E-state index in [0.717, 1.165) is 30.6 Å². The zero-order valence-corrected chi connectivity index (χ0v) is 11.9. The van der Waals surface area contributed by atoms with Crippen LogP contribution in [0.25, 0.3) is 0 Å². The highest BCUT2D eigenvalue weighted by Crippen LogP contribution is 2.35. The summed E-state index contributed by atoms with van der Waals surface area (Å²) in [6.07, 6.45) is 8.42. The van der Waals surface area contributed by atoms with Crippen molar-refractivity contribution in [3.63, 3.8) is 0 Å². The maximum absolute atomic E-state index is 5.96. The molecule has 3 aliphatic rings. The molecule has 0 amide bonds. The SMILES string of the molecule is CCN(C1CCN(C2CC2)C1)C1CCCC1CN. The standard InChI is InChI=1S/C15H29N3/c1-2-18(15-5-3-4-12(15)10-16)14-8-9-17(11-14)13-6-7-13/h12-15H,2-11,16H2,1H3. The first kappa shape index (κ1) is 12.9. The lowest BCUT2D eigenvalue weighted by Crippen LogP contribution is -2.47. The summed E-state index contributed by atoms with van der Waals surface area (Å²) in [6, 6.07) is 2.54. The van der Waals surface area contributed by atoms with Crippen LogP contribution in [0.4, 0.5) is 0 Å². The number of hydrogen-bond acceptors (Lipinski definition) is 3. The third kappa shape index (κ3) is 2.45. The Hall–Kier alpha value is -0.120. The minimum Gasteiger partial charge on any atom is -0.330 e. The Morgan fingerprint density at radius 1 is 1.17 bits per heavy atom. The maximum atomic E-state index is 5.96. The van der Waals surface area contributed by atoms with E-state index < -0.39 is 0 Å². The lowest BCUT2D eigenvalue weighted by atomic mass is 10.00. The molecule has 2 N–H and O–H groups in total. The molecule has 0 aromatic rings. The molecule has 1 heterocycles. The van der Waals surface area contributed by atoms with Crippen molar-refractivity contribution < 1.29 is 0 Å². The third-order valence-corrected chi connectivity index (χ3v) is 5.44. The molecule has 2 saturated carbocycles. The molecule has 1 saturated heterocycles. The molecule has 0 spiro atoms. The van der Waals surface area contributed by atoms with Crippen LogP contribution in [-0.4, -0.2) is 54.1 Å². The van der Waals surface area contributed by atoms with E-state index in [1.807, 2.05) is 0 Å². The summed E-state index contributed by atoms with van der Waals surface area (Å²) in [5, 5.41) is 0. The maximum Gasteiger partial charge on any atom is 0.0238 e. The molecule has 0 aromatic heterocycles. The first-order valence-corrected chi connectivity index (χ1v) is 8.03. The van der Waals surface area contributed by atoms with Crippen molar-refractivity contribution in [1.29, 1.82) is 0 Å². The quantitative estimate of drug-likeness (QED) is 0.807. The lowest BCUT2D eigenvalue weighted by Gasteiger charge is -2.36. The molecule has 0 radical (unpaired) electrons. The van der Waals surface area contributed by atoms with Crippen molar-refractivity contribution in [3.05, 3.63) is 0 Å². The van der Waals surface area contributed by atoms with Crippen molar-refractivity contribution in [1.82, 2.24) is 9.80 Å². The number of nitrogens with zero attached hydrogens (tertiary/aromatic N) is 2. The average molecular weight is 251 g/mol. The number of rotatable bonds is 5. The lowest BCUT2D eigenvalue weighted by molar-refractivity contribution is 0.115. The fourth-order valence-electron chi connectivity index (χ4n) is 4.30. The van der Waals surface area contributed by atoms with Gasteiger partial charge in [-0.3, -0.25) is 9.80 Å². The minimum atomic E-state index is 0.764. The number of likely N-dealkylation sites (N-methyl/N-ethyl adjacent to an activating group) is 1. The topological polar surface area (TPSA) is 32.5 Å². The van der Waals surface area contributed by atoms with Gasteiger partial charge in [-0.05, 0) is 51.1 Å². The highest BCUT2D eigenvalue weighted by molar-refractivity contribution is 4.96. The van der Waals surface area contributed by atoms with Crippen LogP contribution in [0.2, 0.25) is 0 Å². The highest BCUT2D eigenvalue weighted by atomic mass is 15.3. The van der Waals surface area contributed by atoms with Crippen LogP contribution in [0.3, 0.4) is 0 Å². The van der Waals surface area contributed by atoms with Gasteiger partial charge < -0.3 is 5.73 Å². The average Bonchev–Trinajstić information content (AvgIpc) is 2.95. The largest absolute Gasteiger partial charge is 0.330 e. The first-order valence-electron chi connectivity index (χ1n) is 8.03. The van der Waals surface area contributed by atoms with Crippen LogP contribution >= 0.6 is 0 Å². The van der Waals surface area contributed by atoms with E-state index in [4.69, 9.17) is 5.73 Å². The Balaban J connectivity index is 1.61.